The molecule has 76 valence electrons. The zero-order valence-electron chi connectivity index (χ0n) is 8.36. The number of hydrogen-bond acceptors (Lipinski definition) is 3. The fourth-order valence-corrected chi connectivity index (χ4v) is 1.84. The summed E-state index contributed by atoms with van der Waals surface area (Å²) < 4.78 is 0. The largest absolute Gasteiger partial charge is 0.313 e. The Morgan fingerprint density at radius 3 is 2.93 bits per heavy atom. The second-order valence-electron chi connectivity index (χ2n) is 3.44. The van der Waals surface area contributed by atoms with Crippen LogP contribution < -0.4 is 4.90 Å². The lowest BCUT2D eigenvalue weighted by Crippen LogP contribution is -2.31. The zero-order chi connectivity index (χ0) is 10.8. The van der Waals surface area contributed by atoms with Crippen LogP contribution in [0, 0.1) is 0 Å². The summed E-state index contributed by atoms with van der Waals surface area (Å²) in [6.07, 6.45) is 2.73. The van der Waals surface area contributed by atoms with Crippen LogP contribution in [0.25, 0.3) is 0 Å². The van der Waals surface area contributed by atoms with Gasteiger partial charge in [-0.1, -0.05) is 12.1 Å². The van der Waals surface area contributed by atoms with E-state index in [0.29, 0.717) is 18.5 Å². The molecule has 0 bridgehead atoms. The third-order valence-corrected chi connectivity index (χ3v) is 2.58. The predicted octanol–water partition coefficient (Wildman–Crippen LogP) is 1.56. The first-order chi connectivity index (χ1) is 7.24. The van der Waals surface area contributed by atoms with E-state index in [4.69, 9.17) is 0 Å². The van der Waals surface area contributed by atoms with Crippen molar-refractivity contribution < 1.29 is 9.59 Å². The number of fused-ring (bicyclic) bond motifs is 1. The van der Waals surface area contributed by atoms with Crippen molar-refractivity contribution in [1.82, 2.24) is 0 Å². The van der Waals surface area contributed by atoms with E-state index in [2.05, 4.69) is 4.99 Å². The van der Waals surface area contributed by atoms with Gasteiger partial charge in [-0.25, -0.2) is 4.79 Å². The second-order valence-corrected chi connectivity index (χ2v) is 3.44. The number of aryl methyl sites for hydroxylation is 1. The maximum Gasteiger partial charge on any atom is 0.240 e. The van der Waals surface area contributed by atoms with Crippen molar-refractivity contribution in [2.75, 3.05) is 11.9 Å². The number of rotatable bonds is 1. The highest BCUT2D eigenvalue weighted by Crippen LogP contribution is 2.35. The third kappa shape index (κ3) is 1.55. The summed E-state index contributed by atoms with van der Waals surface area (Å²) in [5.74, 6) is 0.0519. The molecule has 1 amide bonds. The first-order valence-corrected chi connectivity index (χ1v) is 4.70. The summed E-state index contributed by atoms with van der Waals surface area (Å²) in [7, 11) is 1.70. The molecule has 1 aliphatic rings. The summed E-state index contributed by atoms with van der Waals surface area (Å²) in [6, 6.07) is 5.49. The number of para-hydroxylation sites is 1. The number of nitrogens with zero attached hydrogens (tertiary/aromatic N) is 2. The van der Waals surface area contributed by atoms with Crippen molar-refractivity contribution in [3.63, 3.8) is 0 Å². The van der Waals surface area contributed by atoms with Crippen LogP contribution in [0.5, 0.6) is 0 Å². The summed E-state index contributed by atoms with van der Waals surface area (Å²) in [6.45, 7) is 0. The molecule has 1 aliphatic heterocycles. The van der Waals surface area contributed by atoms with Crippen LogP contribution in [0.1, 0.15) is 12.0 Å². The Kier molecular flexibility index (Phi) is 2.35. The molecule has 0 atom stereocenters. The number of amides is 1. The molecule has 0 fully saturated rings. The maximum absolute atomic E-state index is 11.5. The molecule has 4 nitrogen and oxygen atoms in total. The molecule has 1 aromatic carbocycles. The van der Waals surface area contributed by atoms with Gasteiger partial charge in [0.15, 0.2) is 0 Å². The lowest BCUT2D eigenvalue weighted by atomic mass is 10.0. The topological polar surface area (TPSA) is 49.7 Å². The van der Waals surface area contributed by atoms with Gasteiger partial charge in [0.25, 0.3) is 0 Å². The highest BCUT2D eigenvalue weighted by molar-refractivity contribution is 5.99. The van der Waals surface area contributed by atoms with E-state index >= 15 is 0 Å². The molecule has 0 aromatic heterocycles. The molecule has 4 heteroatoms. The van der Waals surface area contributed by atoms with Crippen molar-refractivity contribution in [3.8, 4) is 0 Å². The Labute approximate surface area is 87.2 Å². The van der Waals surface area contributed by atoms with Crippen molar-refractivity contribution in [2.45, 2.75) is 12.8 Å². The molecule has 1 aromatic rings. The monoisotopic (exact) mass is 202 g/mol. The molecular weight excluding hydrogens is 192 g/mol. The van der Waals surface area contributed by atoms with Gasteiger partial charge in [-0.2, -0.15) is 4.99 Å². The Hall–Kier alpha value is -1.93. The molecular formula is C11H10N2O2. The van der Waals surface area contributed by atoms with Crippen LogP contribution in [0.2, 0.25) is 0 Å². The van der Waals surface area contributed by atoms with Gasteiger partial charge >= 0.3 is 0 Å². The molecule has 1 heterocycles. The molecule has 2 rings (SSSR count). The average molecular weight is 202 g/mol. The molecule has 0 N–H and O–H groups in total. The van der Waals surface area contributed by atoms with E-state index < -0.39 is 0 Å². The summed E-state index contributed by atoms with van der Waals surface area (Å²) in [5, 5.41) is 0. The Balaban J connectivity index is 2.61. The summed E-state index contributed by atoms with van der Waals surface area (Å²) >= 11 is 0. The first-order valence-electron chi connectivity index (χ1n) is 4.70. The smallest absolute Gasteiger partial charge is 0.240 e. The van der Waals surface area contributed by atoms with Crippen molar-refractivity contribution in [2.24, 2.45) is 4.99 Å². The van der Waals surface area contributed by atoms with Crippen LogP contribution in [-0.2, 0) is 16.0 Å². The van der Waals surface area contributed by atoms with E-state index in [1.807, 2.05) is 12.1 Å². The number of benzene rings is 1. The minimum atomic E-state index is 0.0519. The second kappa shape index (κ2) is 3.67. The fourth-order valence-electron chi connectivity index (χ4n) is 1.84. The quantitative estimate of drug-likeness (QED) is 0.512. The molecule has 0 saturated heterocycles. The minimum absolute atomic E-state index is 0.0519. The zero-order valence-corrected chi connectivity index (χ0v) is 8.36. The molecule has 0 aliphatic carbocycles. The van der Waals surface area contributed by atoms with Gasteiger partial charge in [0.1, 0.15) is 5.69 Å². The normalized spacial score (nSPS) is 14.5. The SMILES string of the molecule is CN1C(=O)CCc2cccc(N=C=O)c21. The van der Waals surface area contributed by atoms with E-state index in [-0.39, 0.29) is 5.91 Å². The standard InChI is InChI=1S/C11H10N2O2/c1-13-10(15)6-5-8-3-2-4-9(11(8)13)12-7-14/h2-4H,5-6H2,1H3. The lowest BCUT2D eigenvalue weighted by Gasteiger charge is -2.26. The number of isocyanates is 1. The van der Waals surface area contributed by atoms with Crippen LogP contribution in [-0.4, -0.2) is 19.0 Å². The van der Waals surface area contributed by atoms with Gasteiger partial charge < -0.3 is 4.90 Å². The molecule has 0 saturated carbocycles. The van der Waals surface area contributed by atoms with E-state index in [1.165, 1.54) is 6.08 Å². The van der Waals surface area contributed by atoms with Gasteiger partial charge in [0.05, 0.1) is 5.69 Å². The highest BCUT2D eigenvalue weighted by atomic mass is 16.2. The maximum atomic E-state index is 11.5. The van der Waals surface area contributed by atoms with Crippen molar-refractivity contribution in [1.29, 1.82) is 0 Å². The van der Waals surface area contributed by atoms with E-state index in [9.17, 15) is 9.59 Å². The summed E-state index contributed by atoms with van der Waals surface area (Å²) in [5.41, 5.74) is 2.30. The molecule has 0 radical (unpaired) electrons. The predicted molar refractivity (Wildman–Crippen MR) is 56.0 cm³/mol. The molecule has 0 spiro atoms. The van der Waals surface area contributed by atoms with Gasteiger partial charge in [0, 0.05) is 13.5 Å². The fraction of sp³-hybridized carbons (Fsp3) is 0.273. The summed E-state index contributed by atoms with van der Waals surface area (Å²) in [4.78, 5) is 26.9. The van der Waals surface area contributed by atoms with Crippen LogP contribution in [0.15, 0.2) is 23.2 Å². The molecule has 15 heavy (non-hydrogen) atoms. The lowest BCUT2D eigenvalue weighted by molar-refractivity contribution is -0.118. The number of anilines is 1. The van der Waals surface area contributed by atoms with Crippen LogP contribution in [0.3, 0.4) is 0 Å². The van der Waals surface area contributed by atoms with Crippen molar-refractivity contribution in [3.05, 3.63) is 23.8 Å². The Morgan fingerprint density at radius 1 is 1.40 bits per heavy atom. The number of hydrogen-bond donors (Lipinski definition) is 0. The van der Waals surface area contributed by atoms with E-state index in [0.717, 1.165) is 11.3 Å². The highest BCUT2D eigenvalue weighted by Gasteiger charge is 2.23. The first kappa shape index (κ1) is 9.62. The number of carbonyl (C=O) groups is 1. The van der Waals surface area contributed by atoms with Crippen LogP contribution in [0.4, 0.5) is 11.4 Å². The van der Waals surface area contributed by atoms with Crippen molar-refractivity contribution >= 4 is 23.4 Å². The third-order valence-electron chi connectivity index (χ3n) is 2.58. The van der Waals surface area contributed by atoms with Gasteiger partial charge in [-0.05, 0) is 18.1 Å². The van der Waals surface area contributed by atoms with Gasteiger partial charge in [0.2, 0.25) is 12.0 Å². The van der Waals surface area contributed by atoms with Gasteiger partial charge in [-0.3, -0.25) is 4.79 Å². The number of aliphatic imine (C=N–C) groups is 1. The average Bonchev–Trinajstić information content (AvgIpc) is 2.24. The Bertz CT molecular complexity index is 462. The van der Waals surface area contributed by atoms with Gasteiger partial charge in [-0.15, -0.1) is 0 Å². The number of carbonyl (C=O) groups excluding carboxylic acids is 2. The Morgan fingerprint density at radius 2 is 2.20 bits per heavy atom. The molecule has 0 unspecified atom stereocenters. The minimum Gasteiger partial charge on any atom is -0.313 e. The van der Waals surface area contributed by atoms with E-state index in [1.54, 1.807) is 18.0 Å². The van der Waals surface area contributed by atoms with Crippen LogP contribution >= 0.6 is 0 Å².